The first-order valence-electron chi connectivity index (χ1n) is 11.3. The van der Waals surface area contributed by atoms with Gasteiger partial charge in [-0.1, -0.05) is 29.8 Å². The molecule has 0 spiro atoms. The second-order valence-electron chi connectivity index (χ2n) is 7.87. The van der Waals surface area contributed by atoms with Crippen LogP contribution >= 0.6 is 11.6 Å². The average Bonchev–Trinajstić information content (AvgIpc) is 3.38. The predicted molar refractivity (Wildman–Crippen MR) is 140 cm³/mol. The van der Waals surface area contributed by atoms with Gasteiger partial charge in [-0.05, 0) is 30.3 Å². The van der Waals surface area contributed by atoms with Crippen LogP contribution in [0.1, 0.15) is 5.76 Å². The van der Waals surface area contributed by atoms with Gasteiger partial charge in [-0.25, -0.2) is 5.43 Å². The summed E-state index contributed by atoms with van der Waals surface area (Å²) in [5.74, 6) is 1.87. The molecule has 0 radical (unpaired) electrons. The van der Waals surface area contributed by atoms with Crippen molar-refractivity contribution in [3.8, 4) is 11.3 Å². The summed E-state index contributed by atoms with van der Waals surface area (Å²) in [4.78, 5) is 26.1. The quantitative estimate of drug-likeness (QED) is 0.190. The third-order valence-electron chi connectivity index (χ3n) is 5.36. The number of aromatic nitrogens is 3. The number of ether oxygens (including phenoxy) is 1. The second-order valence-corrected chi connectivity index (χ2v) is 8.27. The normalized spacial score (nSPS) is 13.6. The highest BCUT2D eigenvalue weighted by atomic mass is 35.5. The standard InChI is InChI=1S/C24H21ClN8O4/c25-20-8-6-17(33(34)35)14-19(20)21-9-7-18(37-21)15-26-31-23-28-22(27-16-4-2-1-3-5-16)29-24(30-23)32-10-12-36-13-11-32/h1-9,14-15H,10-13H2,(H2,27,28,29,30,31)/b26-15-. The van der Waals surface area contributed by atoms with Crippen molar-refractivity contribution in [2.75, 3.05) is 41.9 Å². The summed E-state index contributed by atoms with van der Waals surface area (Å²) in [6.45, 7) is 2.49. The van der Waals surface area contributed by atoms with Crippen molar-refractivity contribution in [3.63, 3.8) is 0 Å². The summed E-state index contributed by atoms with van der Waals surface area (Å²) < 4.78 is 11.2. The van der Waals surface area contributed by atoms with E-state index in [1.54, 1.807) is 12.1 Å². The van der Waals surface area contributed by atoms with Gasteiger partial charge >= 0.3 is 0 Å². The van der Waals surface area contributed by atoms with Crippen LogP contribution in [0.15, 0.2) is 70.2 Å². The minimum absolute atomic E-state index is 0.0847. The maximum atomic E-state index is 11.1. The number of non-ortho nitro benzene ring substituents is 1. The van der Waals surface area contributed by atoms with Gasteiger partial charge in [0.2, 0.25) is 17.8 Å². The van der Waals surface area contributed by atoms with Gasteiger partial charge in [0.1, 0.15) is 11.5 Å². The van der Waals surface area contributed by atoms with Crippen LogP contribution in [0, 0.1) is 10.1 Å². The molecule has 0 unspecified atom stereocenters. The molecule has 2 N–H and O–H groups in total. The largest absolute Gasteiger partial charge is 0.455 e. The number of hydrazone groups is 1. The molecule has 1 fully saturated rings. The number of morpholine rings is 1. The Bertz CT molecular complexity index is 1420. The zero-order valence-corrected chi connectivity index (χ0v) is 20.1. The lowest BCUT2D eigenvalue weighted by molar-refractivity contribution is -0.384. The van der Waals surface area contributed by atoms with Crippen molar-refractivity contribution >= 4 is 47.0 Å². The second kappa shape index (κ2) is 11.0. The van der Waals surface area contributed by atoms with E-state index in [-0.39, 0.29) is 11.6 Å². The van der Waals surface area contributed by atoms with Gasteiger partial charge < -0.3 is 19.4 Å². The van der Waals surface area contributed by atoms with Gasteiger partial charge in [0.25, 0.3) is 5.69 Å². The molecule has 4 aromatic rings. The predicted octanol–water partition coefficient (Wildman–Crippen LogP) is 4.72. The van der Waals surface area contributed by atoms with Crippen LogP contribution in [0.25, 0.3) is 11.3 Å². The Balaban J connectivity index is 1.35. The molecule has 37 heavy (non-hydrogen) atoms. The minimum atomic E-state index is -0.490. The first-order chi connectivity index (χ1) is 18.0. The maximum absolute atomic E-state index is 11.1. The molecular formula is C24H21ClN8O4. The molecule has 0 amide bonds. The van der Waals surface area contributed by atoms with Crippen LogP contribution < -0.4 is 15.6 Å². The number of furan rings is 1. The molecule has 0 bridgehead atoms. The Morgan fingerprint density at radius 1 is 1.03 bits per heavy atom. The minimum Gasteiger partial charge on any atom is -0.455 e. The highest BCUT2D eigenvalue weighted by molar-refractivity contribution is 6.33. The Morgan fingerprint density at radius 3 is 2.59 bits per heavy atom. The maximum Gasteiger partial charge on any atom is 0.270 e. The molecule has 1 aliphatic heterocycles. The first kappa shape index (κ1) is 24.2. The fourth-order valence-corrected chi connectivity index (χ4v) is 3.77. The van der Waals surface area contributed by atoms with Gasteiger partial charge in [0.15, 0.2) is 0 Å². The van der Waals surface area contributed by atoms with E-state index < -0.39 is 4.92 Å². The van der Waals surface area contributed by atoms with E-state index in [4.69, 9.17) is 20.8 Å². The molecule has 188 valence electrons. The monoisotopic (exact) mass is 520 g/mol. The summed E-state index contributed by atoms with van der Waals surface area (Å²) in [5, 5.41) is 18.8. The Kier molecular flexibility index (Phi) is 7.19. The number of halogens is 1. The fraction of sp³-hybridized carbons (Fsp3) is 0.167. The molecular weight excluding hydrogens is 500 g/mol. The number of benzene rings is 2. The summed E-state index contributed by atoms with van der Waals surface area (Å²) in [6, 6.07) is 17.0. The van der Waals surface area contributed by atoms with Crippen LogP contribution in [0.5, 0.6) is 0 Å². The number of anilines is 4. The van der Waals surface area contributed by atoms with Crippen molar-refractivity contribution in [3.05, 3.63) is 81.6 Å². The number of para-hydroxylation sites is 1. The lowest BCUT2D eigenvalue weighted by atomic mass is 10.1. The topological polar surface area (TPSA) is 144 Å². The summed E-state index contributed by atoms with van der Waals surface area (Å²) >= 11 is 6.21. The number of nitrogens with one attached hydrogen (secondary N) is 2. The molecule has 1 saturated heterocycles. The van der Waals surface area contributed by atoms with Gasteiger partial charge in [-0.15, -0.1) is 0 Å². The van der Waals surface area contributed by atoms with Crippen molar-refractivity contribution in [2.45, 2.75) is 0 Å². The van der Waals surface area contributed by atoms with Crippen LogP contribution in [-0.4, -0.2) is 52.4 Å². The molecule has 12 nitrogen and oxygen atoms in total. The van der Waals surface area contributed by atoms with Gasteiger partial charge in [-0.3, -0.25) is 10.1 Å². The smallest absolute Gasteiger partial charge is 0.270 e. The number of rotatable bonds is 8. The van der Waals surface area contributed by atoms with Crippen LogP contribution in [0.3, 0.4) is 0 Å². The van der Waals surface area contributed by atoms with Gasteiger partial charge in [0, 0.05) is 36.5 Å². The molecule has 2 aromatic carbocycles. The van der Waals surface area contributed by atoms with Crippen molar-refractivity contribution in [1.82, 2.24) is 15.0 Å². The molecule has 1 aliphatic rings. The number of nitro groups is 1. The molecule has 2 aromatic heterocycles. The van der Waals surface area contributed by atoms with E-state index in [0.29, 0.717) is 60.3 Å². The van der Waals surface area contributed by atoms with E-state index >= 15 is 0 Å². The first-order valence-corrected chi connectivity index (χ1v) is 11.7. The molecule has 5 rings (SSSR count). The summed E-state index contributed by atoms with van der Waals surface area (Å²) in [5.41, 5.74) is 3.97. The SMILES string of the molecule is O=[N+]([O-])c1ccc(Cl)c(-c2ccc(/C=N\Nc3nc(Nc4ccccc4)nc(N4CCOCC4)n3)o2)c1. The lowest BCUT2D eigenvalue weighted by Crippen LogP contribution is -2.37. The number of hydrogen-bond acceptors (Lipinski definition) is 11. The Labute approximate surface area is 216 Å². The molecule has 0 aliphatic carbocycles. The van der Waals surface area contributed by atoms with Gasteiger partial charge in [0.05, 0.1) is 29.4 Å². The van der Waals surface area contributed by atoms with Gasteiger partial charge in [-0.2, -0.15) is 20.1 Å². The van der Waals surface area contributed by atoms with Crippen molar-refractivity contribution < 1.29 is 14.1 Å². The van der Waals surface area contributed by atoms with Crippen molar-refractivity contribution in [1.29, 1.82) is 0 Å². The zero-order valence-electron chi connectivity index (χ0n) is 19.4. The number of nitrogens with zero attached hydrogens (tertiary/aromatic N) is 6. The van der Waals surface area contributed by atoms with Crippen LogP contribution in [-0.2, 0) is 4.74 Å². The van der Waals surface area contributed by atoms with E-state index in [0.717, 1.165) is 5.69 Å². The van der Waals surface area contributed by atoms with E-state index in [2.05, 4.69) is 30.8 Å². The Morgan fingerprint density at radius 2 is 1.81 bits per heavy atom. The van der Waals surface area contributed by atoms with E-state index in [1.807, 2.05) is 35.2 Å². The highest BCUT2D eigenvalue weighted by Crippen LogP contribution is 2.32. The summed E-state index contributed by atoms with van der Waals surface area (Å²) in [7, 11) is 0. The molecule has 0 saturated carbocycles. The molecule has 3 heterocycles. The molecule has 13 heteroatoms. The fourth-order valence-electron chi connectivity index (χ4n) is 3.56. The van der Waals surface area contributed by atoms with Crippen LogP contribution in [0.2, 0.25) is 5.02 Å². The Hall–Kier alpha value is -4.55. The van der Waals surface area contributed by atoms with Crippen LogP contribution in [0.4, 0.5) is 29.2 Å². The number of hydrogen-bond donors (Lipinski definition) is 2. The highest BCUT2D eigenvalue weighted by Gasteiger charge is 2.17. The average molecular weight is 521 g/mol. The zero-order chi connectivity index (χ0) is 25.6. The lowest BCUT2D eigenvalue weighted by Gasteiger charge is -2.27. The van der Waals surface area contributed by atoms with E-state index in [1.165, 1.54) is 24.4 Å². The molecule has 0 atom stereocenters. The van der Waals surface area contributed by atoms with E-state index in [9.17, 15) is 10.1 Å². The third kappa shape index (κ3) is 6.00. The third-order valence-corrected chi connectivity index (χ3v) is 5.69. The summed E-state index contributed by atoms with van der Waals surface area (Å²) in [6.07, 6.45) is 1.44. The van der Waals surface area contributed by atoms with Crippen molar-refractivity contribution in [2.24, 2.45) is 5.10 Å². The number of nitro benzene ring substituents is 1.